The van der Waals surface area contributed by atoms with Crippen LogP contribution in [-0.2, 0) is 19.1 Å². The van der Waals surface area contributed by atoms with Gasteiger partial charge in [0.05, 0.1) is 6.10 Å². The molecule has 5 N–H and O–H groups in total. The summed E-state index contributed by atoms with van der Waals surface area (Å²) in [5.74, 6) is -3.07. The Bertz CT molecular complexity index is 368. The van der Waals surface area contributed by atoms with Crippen LogP contribution in [0.1, 0.15) is 26.7 Å². The second-order valence-electron chi connectivity index (χ2n) is 4.01. The lowest BCUT2D eigenvalue weighted by atomic mass is 10.00. The summed E-state index contributed by atoms with van der Waals surface area (Å²) in [5.41, 5.74) is 10.3. The molecular weight excluding hydrogens is 270 g/mol. The zero-order valence-electron chi connectivity index (χ0n) is 11.4. The molecule has 20 heavy (non-hydrogen) atoms. The smallest absolute Gasteiger partial charge is 0.333 e. The van der Waals surface area contributed by atoms with Crippen LogP contribution in [0.25, 0.3) is 0 Å². The maximum absolute atomic E-state index is 11.2. The quantitative estimate of drug-likeness (QED) is 0.196. The number of rotatable bonds is 7. The highest BCUT2D eigenvalue weighted by molar-refractivity contribution is 5.98. The molecule has 0 saturated heterocycles. The van der Waals surface area contributed by atoms with Gasteiger partial charge in [-0.05, 0) is 26.7 Å². The minimum absolute atomic E-state index is 0.162. The van der Waals surface area contributed by atoms with Gasteiger partial charge in [-0.2, -0.15) is 0 Å². The molecule has 0 aliphatic rings. The second-order valence-corrected chi connectivity index (χ2v) is 4.01. The van der Waals surface area contributed by atoms with Gasteiger partial charge in [-0.25, -0.2) is 4.79 Å². The molecule has 0 aromatic carbocycles. The topological polar surface area (TPSA) is 162 Å². The Morgan fingerprint density at radius 2 is 1.65 bits per heavy atom. The Labute approximate surface area is 115 Å². The van der Waals surface area contributed by atoms with Crippen molar-refractivity contribution in [3.8, 4) is 0 Å². The maximum Gasteiger partial charge on any atom is 0.333 e. The number of carbonyl (C=O) groups excluding carboxylic acids is 3. The predicted molar refractivity (Wildman–Crippen MR) is 69.1 cm³/mol. The van der Waals surface area contributed by atoms with Gasteiger partial charge < -0.3 is 21.4 Å². The molecule has 2 amide bonds. The molecule has 0 heterocycles. The van der Waals surface area contributed by atoms with Gasteiger partial charge in [-0.15, -0.1) is 4.91 Å². The lowest BCUT2D eigenvalue weighted by Gasteiger charge is -2.15. The van der Waals surface area contributed by atoms with Crippen molar-refractivity contribution in [3.63, 3.8) is 0 Å². The van der Waals surface area contributed by atoms with Crippen molar-refractivity contribution in [3.05, 3.63) is 17.1 Å². The first kappa shape index (κ1) is 19.9. The van der Waals surface area contributed by atoms with Crippen LogP contribution in [0.15, 0.2) is 17.5 Å². The fourth-order valence-corrected chi connectivity index (χ4v) is 1.17. The maximum atomic E-state index is 11.2. The van der Waals surface area contributed by atoms with Crippen molar-refractivity contribution in [2.75, 3.05) is 0 Å². The molecule has 0 aliphatic carbocycles. The largest absolute Gasteiger partial charge is 0.459 e. The van der Waals surface area contributed by atoms with Crippen LogP contribution in [0.3, 0.4) is 0 Å². The van der Waals surface area contributed by atoms with Crippen molar-refractivity contribution < 1.29 is 24.3 Å². The minimum atomic E-state index is -1.03. The molecule has 9 heteroatoms. The number of carbonyl (C=O) groups is 3. The van der Waals surface area contributed by atoms with Gasteiger partial charge in [0.2, 0.25) is 11.8 Å². The van der Waals surface area contributed by atoms with Crippen LogP contribution in [0.5, 0.6) is 0 Å². The molecule has 9 nitrogen and oxygen atoms in total. The second kappa shape index (κ2) is 10.5. The molecule has 1 atom stereocenters. The molecule has 0 aromatic heterocycles. The Hall–Kier alpha value is -2.45. The summed E-state index contributed by atoms with van der Waals surface area (Å²) < 4.78 is 4.98. The van der Waals surface area contributed by atoms with Gasteiger partial charge >= 0.3 is 5.97 Å². The zero-order chi connectivity index (χ0) is 16.3. The average molecular weight is 289 g/mol. The SMILES string of the molecule is C=C(C)C(=O)OC(C)CCC(C(N)=O)C(N)=O.O=NO. The highest BCUT2D eigenvalue weighted by atomic mass is 16.6. The summed E-state index contributed by atoms with van der Waals surface area (Å²) >= 11 is 0. The number of amides is 2. The Kier molecular flexibility index (Phi) is 10.4. The predicted octanol–water partition coefficient (Wildman–Crippen LogP) is 0.00320. The van der Waals surface area contributed by atoms with E-state index in [2.05, 4.69) is 6.58 Å². The average Bonchev–Trinajstić information content (AvgIpc) is 2.28. The summed E-state index contributed by atoms with van der Waals surface area (Å²) in [6, 6.07) is 0. The van der Waals surface area contributed by atoms with E-state index in [1.165, 1.54) is 12.3 Å². The van der Waals surface area contributed by atoms with Crippen LogP contribution < -0.4 is 11.5 Å². The first-order chi connectivity index (χ1) is 9.17. The fraction of sp³-hybridized carbons (Fsp3) is 0.545. The lowest BCUT2D eigenvalue weighted by Crippen LogP contribution is -2.35. The summed E-state index contributed by atoms with van der Waals surface area (Å²) in [6.07, 6.45) is 0.0608. The Balaban J connectivity index is 0. The first-order valence-electron chi connectivity index (χ1n) is 5.59. The van der Waals surface area contributed by atoms with Gasteiger partial charge in [-0.1, -0.05) is 6.58 Å². The van der Waals surface area contributed by atoms with Crippen LogP contribution >= 0.6 is 0 Å². The van der Waals surface area contributed by atoms with E-state index >= 15 is 0 Å². The van der Waals surface area contributed by atoms with Gasteiger partial charge in [0.1, 0.15) is 5.92 Å². The third-order valence-electron chi connectivity index (χ3n) is 2.21. The third kappa shape index (κ3) is 9.57. The molecule has 0 fully saturated rings. The number of primary amides is 2. The van der Waals surface area contributed by atoms with E-state index in [1.807, 2.05) is 0 Å². The summed E-state index contributed by atoms with van der Waals surface area (Å²) in [5, 5.41) is 7.89. The van der Waals surface area contributed by atoms with Gasteiger partial charge in [0.25, 0.3) is 0 Å². The molecule has 114 valence electrons. The number of hydrogen-bond acceptors (Lipinski definition) is 6. The molecule has 1 unspecified atom stereocenters. The molecule has 0 saturated carbocycles. The van der Waals surface area contributed by atoms with Crippen LogP contribution in [0.2, 0.25) is 0 Å². The first-order valence-corrected chi connectivity index (χ1v) is 5.59. The lowest BCUT2D eigenvalue weighted by molar-refractivity contribution is -0.143. The van der Waals surface area contributed by atoms with Gasteiger partial charge in [0.15, 0.2) is 5.34 Å². The van der Waals surface area contributed by atoms with Crippen molar-refractivity contribution >= 4 is 17.8 Å². The van der Waals surface area contributed by atoms with E-state index in [0.717, 1.165) is 0 Å². The molecule has 0 rings (SSSR count). The van der Waals surface area contributed by atoms with E-state index in [1.54, 1.807) is 6.92 Å². The van der Waals surface area contributed by atoms with Crippen molar-refractivity contribution in [2.24, 2.45) is 22.7 Å². The van der Waals surface area contributed by atoms with E-state index in [4.69, 9.17) is 26.3 Å². The molecular formula is C11H19N3O6. The van der Waals surface area contributed by atoms with Crippen LogP contribution in [-0.4, -0.2) is 29.1 Å². The number of hydrogen-bond donors (Lipinski definition) is 3. The van der Waals surface area contributed by atoms with Gasteiger partial charge in [-0.3, -0.25) is 9.59 Å². The van der Waals surface area contributed by atoms with Crippen molar-refractivity contribution in [1.82, 2.24) is 0 Å². The van der Waals surface area contributed by atoms with Crippen LogP contribution in [0, 0.1) is 10.8 Å². The molecule has 0 spiro atoms. The standard InChI is InChI=1S/C11H18N2O4.HNO2/c1-6(2)11(16)17-7(3)4-5-8(9(12)14)10(13)15;2-1-3/h7-8H,1,4-5H2,2-3H3,(H2,12,14)(H2,13,15);(H,2,3). The number of ether oxygens (including phenoxy) is 1. The molecule has 0 radical (unpaired) electrons. The monoisotopic (exact) mass is 289 g/mol. The van der Waals surface area contributed by atoms with E-state index in [-0.39, 0.29) is 6.42 Å². The molecule has 0 aromatic rings. The van der Waals surface area contributed by atoms with E-state index in [9.17, 15) is 14.4 Å². The van der Waals surface area contributed by atoms with E-state index < -0.39 is 29.8 Å². The zero-order valence-corrected chi connectivity index (χ0v) is 11.4. The highest BCUT2D eigenvalue weighted by Gasteiger charge is 2.23. The van der Waals surface area contributed by atoms with Crippen LogP contribution in [0.4, 0.5) is 0 Å². The van der Waals surface area contributed by atoms with E-state index in [0.29, 0.717) is 12.0 Å². The van der Waals surface area contributed by atoms with Crippen molar-refractivity contribution in [2.45, 2.75) is 32.8 Å². The summed E-state index contributed by atoms with van der Waals surface area (Å²) in [4.78, 5) is 41.0. The fourth-order valence-electron chi connectivity index (χ4n) is 1.17. The third-order valence-corrected chi connectivity index (χ3v) is 2.21. The highest BCUT2D eigenvalue weighted by Crippen LogP contribution is 2.11. The number of esters is 1. The van der Waals surface area contributed by atoms with Gasteiger partial charge in [0, 0.05) is 5.57 Å². The molecule has 0 aliphatic heterocycles. The normalized spacial score (nSPS) is 10.8. The minimum Gasteiger partial charge on any atom is -0.459 e. The Morgan fingerprint density at radius 3 is 1.95 bits per heavy atom. The van der Waals surface area contributed by atoms with Crippen molar-refractivity contribution in [1.29, 1.82) is 0 Å². The Morgan fingerprint density at radius 1 is 1.25 bits per heavy atom. The number of nitrogens with zero attached hydrogens (tertiary/aromatic N) is 1. The summed E-state index contributed by atoms with van der Waals surface area (Å²) in [6.45, 7) is 6.62. The number of nitrogens with two attached hydrogens (primary N) is 2. The molecule has 0 bridgehead atoms. The summed E-state index contributed by atoms with van der Waals surface area (Å²) in [7, 11) is 0.